The lowest BCUT2D eigenvalue weighted by atomic mass is 9.71. The summed E-state index contributed by atoms with van der Waals surface area (Å²) in [6, 6.07) is 17.3. The lowest BCUT2D eigenvalue weighted by Crippen LogP contribution is -2.45. The Labute approximate surface area is 143 Å². The van der Waals surface area contributed by atoms with E-state index in [1.54, 1.807) is 0 Å². The average molecular weight is 320 g/mol. The molecule has 1 spiro atoms. The Morgan fingerprint density at radius 1 is 1.04 bits per heavy atom. The molecule has 0 bridgehead atoms. The topological polar surface area (TPSA) is 33.6 Å². The number of nitrogens with one attached hydrogen (secondary N) is 1. The molecule has 124 valence electrons. The molecule has 1 fully saturated rings. The van der Waals surface area contributed by atoms with Crippen molar-refractivity contribution >= 4 is 11.5 Å². The predicted molar refractivity (Wildman–Crippen MR) is 98.6 cm³/mol. The third-order valence-corrected chi connectivity index (χ3v) is 5.29. The SMILES string of the molecule is Cc1ccc(CN=C2Nc3ccccc3CC23CCOCC3)cc1. The molecule has 4 rings (SSSR count). The van der Waals surface area contributed by atoms with E-state index in [0.29, 0.717) is 0 Å². The number of aryl methyl sites for hydroxylation is 1. The van der Waals surface area contributed by atoms with E-state index in [2.05, 4.69) is 60.8 Å². The molecule has 3 nitrogen and oxygen atoms in total. The Hall–Kier alpha value is -2.13. The summed E-state index contributed by atoms with van der Waals surface area (Å²) in [5.41, 5.74) is 5.26. The fraction of sp³-hybridized carbons (Fsp3) is 0.381. The smallest absolute Gasteiger partial charge is 0.108 e. The maximum Gasteiger partial charge on any atom is 0.108 e. The van der Waals surface area contributed by atoms with Crippen LogP contribution in [0.15, 0.2) is 53.5 Å². The van der Waals surface area contributed by atoms with E-state index in [1.807, 2.05) is 0 Å². The van der Waals surface area contributed by atoms with Gasteiger partial charge in [0, 0.05) is 24.3 Å². The number of anilines is 1. The van der Waals surface area contributed by atoms with Gasteiger partial charge in [-0.3, -0.25) is 4.99 Å². The number of para-hydroxylation sites is 1. The van der Waals surface area contributed by atoms with Crippen LogP contribution < -0.4 is 5.32 Å². The summed E-state index contributed by atoms with van der Waals surface area (Å²) in [5, 5.41) is 3.63. The summed E-state index contributed by atoms with van der Waals surface area (Å²) in [6.07, 6.45) is 3.15. The predicted octanol–water partition coefficient (Wildman–Crippen LogP) is 4.36. The maximum atomic E-state index is 5.63. The first-order valence-corrected chi connectivity index (χ1v) is 8.78. The van der Waals surface area contributed by atoms with Gasteiger partial charge in [-0.05, 0) is 43.4 Å². The molecule has 2 aliphatic rings. The monoisotopic (exact) mass is 320 g/mol. The highest BCUT2D eigenvalue weighted by molar-refractivity contribution is 6.02. The number of ether oxygens (including phenoxy) is 1. The van der Waals surface area contributed by atoms with Crippen molar-refractivity contribution in [2.45, 2.75) is 32.7 Å². The van der Waals surface area contributed by atoms with Crippen LogP contribution in [-0.4, -0.2) is 19.0 Å². The van der Waals surface area contributed by atoms with Gasteiger partial charge in [0.2, 0.25) is 0 Å². The van der Waals surface area contributed by atoms with Crippen molar-refractivity contribution in [1.82, 2.24) is 0 Å². The summed E-state index contributed by atoms with van der Waals surface area (Å²) in [6.45, 7) is 4.50. The molecule has 3 heteroatoms. The van der Waals surface area contributed by atoms with Crippen molar-refractivity contribution in [3.63, 3.8) is 0 Å². The number of nitrogens with zero attached hydrogens (tertiary/aromatic N) is 1. The lowest BCUT2D eigenvalue weighted by Gasteiger charge is -2.42. The number of fused-ring (bicyclic) bond motifs is 1. The first-order chi connectivity index (χ1) is 11.8. The Kier molecular flexibility index (Phi) is 4.11. The van der Waals surface area contributed by atoms with Gasteiger partial charge in [0.25, 0.3) is 0 Å². The van der Waals surface area contributed by atoms with E-state index in [9.17, 15) is 0 Å². The van der Waals surface area contributed by atoms with Crippen LogP contribution in [0.5, 0.6) is 0 Å². The summed E-state index contributed by atoms with van der Waals surface area (Å²) in [7, 11) is 0. The van der Waals surface area contributed by atoms with Crippen molar-refractivity contribution in [3.8, 4) is 0 Å². The fourth-order valence-electron chi connectivity index (χ4n) is 3.75. The molecule has 0 atom stereocenters. The van der Waals surface area contributed by atoms with Gasteiger partial charge in [-0.2, -0.15) is 0 Å². The normalized spacial score (nSPS) is 20.6. The molecule has 2 aliphatic heterocycles. The van der Waals surface area contributed by atoms with E-state index >= 15 is 0 Å². The van der Waals surface area contributed by atoms with Crippen LogP contribution in [0.1, 0.15) is 29.5 Å². The molecule has 0 aliphatic carbocycles. The molecule has 2 aromatic rings. The van der Waals surface area contributed by atoms with Crippen molar-refractivity contribution in [3.05, 3.63) is 65.2 Å². The molecular weight excluding hydrogens is 296 g/mol. The Bertz CT molecular complexity index is 743. The zero-order valence-electron chi connectivity index (χ0n) is 14.2. The average Bonchev–Trinajstić information content (AvgIpc) is 2.62. The van der Waals surface area contributed by atoms with E-state index in [-0.39, 0.29) is 5.41 Å². The molecule has 0 radical (unpaired) electrons. The second-order valence-corrected chi connectivity index (χ2v) is 7.00. The number of amidine groups is 1. The highest BCUT2D eigenvalue weighted by atomic mass is 16.5. The quantitative estimate of drug-likeness (QED) is 0.892. The largest absolute Gasteiger partial charge is 0.381 e. The van der Waals surface area contributed by atoms with Crippen LogP contribution >= 0.6 is 0 Å². The van der Waals surface area contributed by atoms with Gasteiger partial charge < -0.3 is 10.1 Å². The Balaban J connectivity index is 1.65. The third kappa shape index (κ3) is 2.96. The van der Waals surface area contributed by atoms with Gasteiger partial charge in [0.15, 0.2) is 0 Å². The number of benzene rings is 2. The summed E-state index contributed by atoms with van der Waals surface area (Å²) >= 11 is 0. The van der Waals surface area contributed by atoms with Crippen LogP contribution in [0.2, 0.25) is 0 Å². The van der Waals surface area contributed by atoms with Crippen molar-refractivity contribution in [2.24, 2.45) is 10.4 Å². The number of aliphatic imine (C=N–C) groups is 1. The lowest BCUT2D eigenvalue weighted by molar-refractivity contribution is 0.0448. The molecule has 0 aromatic heterocycles. The molecule has 2 aromatic carbocycles. The van der Waals surface area contributed by atoms with Crippen LogP contribution in [0, 0.1) is 12.3 Å². The van der Waals surface area contributed by atoms with E-state index in [4.69, 9.17) is 9.73 Å². The molecule has 2 heterocycles. The number of hydrogen-bond donors (Lipinski definition) is 1. The van der Waals surface area contributed by atoms with Gasteiger partial charge >= 0.3 is 0 Å². The number of hydrogen-bond acceptors (Lipinski definition) is 2. The maximum absolute atomic E-state index is 5.63. The molecule has 0 saturated carbocycles. The molecule has 24 heavy (non-hydrogen) atoms. The van der Waals surface area contributed by atoms with Crippen molar-refractivity contribution < 1.29 is 4.74 Å². The first kappa shape index (κ1) is 15.4. The minimum absolute atomic E-state index is 0.108. The van der Waals surface area contributed by atoms with Gasteiger partial charge in [-0.1, -0.05) is 48.0 Å². The van der Waals surface area contributed by atoms with Crippen LogP contribution in [0.25, 0.3) is 0 Å². The zero-order chi connectivity index (χ0) is 16.4. The number of rotatable bonds is 2. The van der Waals surface area contributed by atoms with Gasteiger partial charge in [0.1, 0.15) is 5.84 Å². The molecule has 0 amide bonds. The molecule has 0 unspecified atom stereocenters. The van der Waals surface area contributed by atoms with E-state index in [1.165, 1.54) is 22.4 Å². The summed E-state index contributed by atoms with van der Waals surface area (Å²) in [4.78, 5) is 5.01. The van der Waals surface area contributed by atoms with Crippen molar-refractivity contribution in [1.29, 1.82) is 0 Å². The molecular formula is C21H24N2O. The zero-order valence-corrected chi connectivity index (χ0v) is 14.2. The van der Waals surface area contributed by atoms with Gasteiger partial charge in [-0.25, -0.2) is 0 Å². The van der Waals surface area contributed by atoms with Gasteiger partial charge in [-0.15, -0.1) is 0 Å². The van der Waals surface area contributed by atoms with Gasteiger partial charge in [0.05, 0.1) is 6.54 Å². The minimum Gasteiger partial charge on any atom is -0.381 e. The van der Waals surface area contributed by atoms with Crippen LogP contribution in [-0.2, 0) is 17.7 Å². The molecule has 1 N–H and O–H groups in total. The van der Waals surface area contributed by atoms with Crippen LogP contribution in [0.4, 0.5) is 5.69 Å². The van der Waals surface area contributed by atoms with E-state index < -0.39 is 0 Å². The fourth-order valence-corrected chi connectivity index (χ4v) is 3.75. The molecule has 1 saturated heterocycles. The highest BCUT2D eigenvalue weighted by Crippen LogP contribution is 2.41. The highest BCUT2D eigenvalue weighted by Gasteiger charge is 2.41. The standard InChI is InChI=1S/C21H24N2O/c1-16-6-8-17(9-7-16)15-22-20-21(10-12-24-13-11-21)14-18-4-2-3-5-19(18)23-20/h2-9H,10-15H2,1H3,(H,22,23). The Morgan fingerprint density at radius 2 is 1.79 bits per heavy atom. The van der Waals surface area contributed by atoms with Crippen molar-refractivity contribution in [2.75, 3.05) is 18.5 Å². The minimum atomic E-state index is 0.108. The second kappa shape index (κ2) is 6.40. The third-order valence-electron chi connectivity index (χ3n) is 5.29. The summed E-state index contributed by atoms with van der Waals surface area (Å²) in [5.74, 6) is 1.14. The van der Waals surface area contributed by atoms with E-state index in [0.717, 1.165) is 44.9 Å². The Morgan fingerprint density at radius 3 is 2.58 bits per heavy atom. The van der Waals surface area contributed by atoms with Crippen LogP contribution in [0.3, 0.4) is 0 Å². The second-order valence-electron chi connectivity index (χ2n) is 7.00. The first-order valence-electron chi connectivity index (χ1n) is 8.78. The summed E-state index contributed by atoms with van der Waals surface area (Å²) < 4.78 is 5.63.